The first-order chi connectivity index (χ1) is 13.9. The van der Waals surface area contributed by atoms with Crippen molar-refractivity contribution in [2.75, 3.05) is 0 Å². The van der Waals surface area contributed by atoms with Crippen LogP contribution < -0.4 is 0 Å². The summed E-state index contributed by atoms with van der Waals surface area (Å²) in [7, 11) is 0. The Morgan fingerprint density at radius 3 is 1.82 bits per heavy atom. The molecule has 0 bridgehead atoms. The van der Waals surface area contributed by atoms with Gasteiger partial charge in [0, 0.05) is 5.41 Å². The maximum atomic E-state index is 2.39. The van der Waals surface area contributed by atoms with Crippen LogP contribution in [0, 0.1) is 0 Å². The van der Waals surface area contributed by atoms with E-state index in [4.69, 9.17) is 0 Å². The lowest BCUT2D eigenvalue weighted by molar-refractivity contribution is 0.633. The van der Waals surface area contributed by atoms with Crippen molar-refractivity contribution >= 4 is 6.08 Å². The van der Waals surface area contributed by atoms with Crippen molar-refractivity contribution in [1.82, 2.24) is 0 Å². The van der Waals surface area contributed by atoms with Gasteiger partial charge in [-0.25, -0.2) is 0 Å². The van der Waals surface area contributed by atoms with Crippen molar-refractivity contribution in [2.45, 2.75) is 11.8 Å². The Morgan fingerprint density at radius 1 is 0.500 bits per heavy atom. The average molecular weight is 358 g/mol. The Hall–Kier alpha value is -3.38. The van der Waals surface area contributed by atoms with Gasteiger partial charge in [-0.1, -0.05) is 121 Å². The van der Waals surface area contributed by atoms with E-state index in [0.717, 1.165) is 6.42 Å². The van der Waals surface area contributed by atoms with Gasteiger partial charge in [-0.05, 0) is 39.8 Å². The molecule has 1 aliphatic carbocycles. The molecule has 0 heteroatoms. The minimum Gasteiger partial charge on any atom is -0.0687 e. The van der Waals surface area contributed by atoms with Crippen molar-refractivity contribution in [2.24, 2.45) is 0 Å². The Kier molecular flexibility index (Phi) is 4.18. The molecule has 0 saturated carbocycles. The molecule has 1 unspecified atom stereocenters. The van der Waals surface area contributed by atoms with Crippen LogP contribution in [0.4, 0.5) is 0 Å². The second-order valence-corrected chi connectivity index (χ2v) is 7.49. The van der Waals surface area contributed by atoms with E-state index in [9.17, 15) is 0 Å². The summed E-state index contributed by atoms with van der Waals surface area (Å²) >= 11 is 0. The first-order valence-corrected chi connectivity index (χ1v) is 9.84. The number of benzene rings is 4. The standard InChI is InChI=1S/C28H22/c1-3-9-22(10-4-1)24-15-17-27(18-16-24)28(26-13-5-2-6-14-26)20-19-23-11-7-8-12-25(23)21-28/h1-20H,21H2. The summed E-state index contributed by atoms with van der Waals surface area (Å²) in [6.45, 7) is 0. The third-order valence-electron chi connectivity index (χ3n) is 5.87. The zero-order valence-electron chi connectivity index (χ0n) is 15.8. The summed E-state index contributed by atoms with van der Waals surface area (Å²) < 4.78 is 0. The molecule has 1 aliphatic rings. The summed E-state index contributed by atoms with van der Waals surface area (Å²) in [6, 6.07) is 39.3. The largest absolute Gasteiger partial charge is 0.0687 e. The van der Waals surface area contributed by atoms with E-state index in [1.54, 1.807) is 0 Å². The number of hydrogen-bond acceptors (Lipinski definition) is 0. The van der Waals surface area contributed by atoms with Gasteiger partial charge in [-0.2, -0.15) is 0 Å². The van der Waals surface area contributed by atoms with Crippen molar-refractivity contribution in [3.8, 4) is 11.1 Å². The molecule has 5 rings (SSSR count). The van der Waals surface area contributed by atoms with E-state index in [1.165, 1.54) is 33.4 Å². The highest BCUT2D eigenvalue weighted by molar-refractivity contribution is 5.67. The molecule has 0 aliphatic heterocycles. The van der Waals surface area contributed by atoms with Gasteiger partial charge in [-0.3, -0.25) is 0 Å². The van der Waals surface area contributed by atoms with Gasteiger partial charge >= 0.3 is 0 Å². The Balaban J connectivity index is 1.63. The average Bonchev–Trinajstić information content (AvgIpc) is 2.80. The number of rotatable bonds is 3. The van der Waals surface area contributed by atoms with E-state index >= 15 is 0 Å². The van der Waals surface area contributed by atoms with Gasteiger partial charge < -0.3 is 0 Å². The normalized spacial score (nSPS) is 17.9. The van der Waals surface area contributed by atoms with Crippen molar-refractivity contribution in [3.05, 3.63) is 138 Å². The van der Waals surface area contributed by atoms with E-state index in [1.807, 2.05) is 0 Å². The predicted octanol–water partition coefficient (Wildman–Crippen LogP) is 6.91. The van der Waals surface area contributed by atoms with Crippen LogP contribution in [0.3, 0.4) is 0 Å². The van der Waals surface area contributed by atoms with Gasteiger partial charge in [0.25, 0.3) is 0 Å². The number of allylic oxidation sites excluding steroid dienone is 1. The molecule has 134 valence electrons. The zero-order valence-corrected chi connectivity index (χ0v) is 15.8. The van der Waals surface area contributed by atoms with Gasteiger partial charge in [0.1, 0.15) is 0 Å². The quantitative estimate of drug-likeness (QED) is 0.373. The number of fused-ring (bicyclic) bond motifs is 1. The van der Waals surface area contributed by atoms with Crippen LogP contribution in [0.25, 0.3) is 17.2 Å². The van der Waals surface area contributed by atoms with Crippen LogP contribution in [0.2, 0.25) is 0 Å². The molecule has 0 spiro atoms. The first kappa shape index (κ1) is 16.8. The van der Waals surface area contributed by atoms with Gasteiger partial charge in [0.05, 0.1) is 0 Å². The van der Waals surface area contributed by atoms with Gasteiger partial charge in [0.15, 0.2) is 0 Å². The predicted molar refractivity (Wildman–Crippen MR) is 118 cm³/mol. The van der Waals surface area contributed by atoms with E-state index in [0.29, 0.717) is 0 Å². The summed E-state index contributed by atoms with van der Waals surface area (Å²) in [5.41, 5.74) is 7.79. The van der Waals surface area contributed by atoms with Crippen LogP contribution >= 0.6 is 0 Å². The fourth-order valence-corrected chi connectivity index (χ4v) is 4.34. The van der Waals surface area contributed by atoms with Crippen LogP contribution in [-0.4, -0.2) is 0 Å². The molecule has 0 radical (unpaired) electrons. The molecule has 0 fully saturated rings. The Morgan fingerprint density at radius 2 is 1.07 bits per heavy atom. The van der Waals surface area contributed by atoms with Crippen molar-refractivity contribution in [3.63, 3.8) is 0 Å². The molecule has 0 saturated heterocycles. The highest BCUT2D eigenvalue weighted by atomic mass is 14.4. The van der Waals surface area contributed by atoms with Gasteiger partial charge in [-0.15, -0.1) is 0 Å². The molecule has 28 heavy (non-hydrogen) atoms. The van der Waals surface area contributed by atoms with Crippen LogP contribution in [0.15, 0.2) is 115 Å². The molecule has 0 aromatic heterocycles. The zero-order chi connectivity index (χ0) is 18.8. The maximum absolute atomic E-state index is 2.39. The maximum Gasteiger partial charge on any atom is 0.0425 e. The second-order valence-electron chi connectivity index (χ2n) is 7.49. The monoisotopic (exact) mass is 358 g/mol. The molecule has 0 nitrogen and oxygen atoms in total. The van der Waals surface area contributed by atoms with E-state index in [-0.39, 0.29) is 5.41 Å². The van der Waals surface area contributed by atoms with E-state index in [2.05, 4.69) is 121 Å². The molecule has 0 heterocycles. The lowest BCUT2D eigenvalue weighted by Gasteiger charge is -2.35. The lowest BCUT2D eigenvalue weighted by Crippen LogP contribution is -2.30. The minimum atomic E-state index is -0.134. The SMILES string of the molecule is C1=CC(c2ccccc2)(c2ccc(-c3ccccc3)cc2)Cc2ccccc21. The molecule has 0 amide bonds. The van der Waals surface area contributed by atoms with Crippen molar-refractivity contribution in [1.29, 1.82) is 0 Å². The summed E-state index contributed by atoms with van der Waals surface area (Å²) in [6.07, 6.45) is 5.66. The minimum absolute atomic E-state index is 0.134. The third-order valence-corrected chi connectivity index (χ3v) is 5.87. The molecule has 1 atom stereocenters. The summed E-state index contributed by atoms with van der Waals surface area (Å²) in [5.74, 6) is 0. The fraction of sp³-hybridized carbons (Fsp3) is 0.0714. The molecule has 4 aromatic rings. The topological polar surface area (TPSA) is 0 Å². The van der Waals surface area contributed by atoms with Crippen molar-refractivity contribution < 1.29 is 0 Å². The van der Waals surface area contributed by atoms with Crippen LogP contribution in [-0.2, 0) is 11.8 Å². The highest BCUT2D eigenvalue weighted by Gasteiger charge is 2.34. The van der Waals surface area contributed by atoms with Crippen LogP contribution in [0.5, 0.6) is 0 Å². The van der Waals surface area contributed by atoms with E-state index < -0.39 is 0 Å². The number of hydrogen-bond donors (Lipinski definition) is 0. The Labute approximate surface area is 166 Å². The summed E-state index contributed by atoms with van der Waals surface area (Å²) in [5, 5.41) is 0. The smallest absolute Gasteiger partial charge is 0.0425 e. The molecule has 4 aromatic carbocycles. The third kappa shape index (κ3) is 2.88. The van der Waals surface area contributed by atoms with Gasteiger partial charge in [0.2, 0.25) is 0 Å². The summed E-state index contributed by atoms with van der Waals surface area (Å²) in [4.78, 5) is 0. The second kappa shape index (κ2) is 6.98. The fourth-order valence-electron chi connectivity index (χ4n) is 4.34. The molecular weight excluding hydrogens is 336 g/mol. The lowest BCUT2D eigenvalue weighted by atomic mass is 9.67. The van der Waals surface area contributed by atoms with Crippen LogP contribution in [0.1, 0.15) is 22.3 Å². The first-order valence-electron chi connectivity index (χ1n) is 9.84. The Bertz CT molecular complexity index is 1110. The molecule has 0 N–H and O–H groups in total. The molecular formula is C28H22. The highest BCUT2D eigenvalue weighted by Crippen LogP contribution is 2.42.